The summed E-state index contributed by atoms with van der Waals surface area (Å²) < 4.78 is 0. The van der Waals surface area contributed by atoms with Gasteiger partial charge in [-0.1, -0.05) is 35.9 Å². The Balaban J connectivity index is 1.39. The zero-order chi connectivity index (χ0) is 23.9. The standard InChI is InChI=1S/C25H30ClN7O/c1-27-24(34)20-5-3-4-6-22(20)30-23-21(26)17-28-25(31-23)29-19-9-7-18(8-10-19)11-12-33-15-13-32(2)14-16-33/h3-10,17H,11-16H2,1-2H3,(H,27,34)(H2,28,29,30,31). The summed E-state index contributed by atoms with van der Waals surface area (Å²) in [6.45, 7) is 5.62. The molecule has 0 bridgehead atoms. The Morgan fingerprint density at radius 2 is 1.76 bits per heavy atom. The first-order valence-electron chi connectivity index (χ1n) is 11.4. The Morgan fingerprint density at radius 1 is 1.03 bits per heavy atom. The smallest absolute Gasteiger partial charge is 0.253 e. The third-order valence-corrected chi connectivity index (χ3v) is 6.20. The van der Waals surface area contributed by atoms with Gasteiger partial charge < -0.3 is 25.8 Å². The summed E-state index contributed by atoms with van der Waals surface area (Å²) >= 11 is 6.32. The third kappa shape index (κ3) is 6.22. The van der Waals surface area contributed by atoms with Crippen LogP contribution in [0.2, 0.25) is 5.02 Å². The maximum atomic E-state index is 12.2. The van der Waals surface area contributed by atoms with Gasteiger partial charge >= 0.3 is 0 Å². The van der Waals surface area contributed by atoms with Gasteiger partial charge in [-0.3, -0.25) is 4.79 Å². The summed E-state index contributed by atoms with van der Waals surface area (Å²) in [6, 6.07) is 15.5. The second-order valence-corrected chi connectivity index (χ2v) is 8.76. The van der Waals surface area contributed by atoms with Crippen LogP contribution in [-0.2, 0) is 6.42 Å². The SMILES string of the molecule is CNC(=O)c1ccccc1Nc1nc(Nc2ccc(CCN3CCN(C)CC3)cc2)ncc1Cl. The second-order valence-electron chi connectivity index (χ2n) is 8.36. The maximum absolute atomic E-state index is 12.2. The van der Waals surface area contributed by atoms with E-state index < -0.39 is 0 Å². The predicted octanol–water partition coefficient (Wildman–Crippen LogP) is 3.77. The highest BCUT2D eigenvalue weighted by molar-refractivity contribution is 6.33. The van der Waals surface area contributed by atoms with Crippen molar-refractivity contribution in [2.45, 2.75) is 6.42 Å². The normalized spacial score (nSPS) is 14.6. The first kappa shape index (κ1) is 23.9. The molecule has 1 aromatic heterocycles. The van der Waals surface area contributed by atoms with E-state index >= 15 is 0 Å². The van der Waals surface area contributed by atoms with Crippen LogP contribution in [0.1, 0.15) is 15.9 Å². The molecule has 0 atom stereocenters. The minimum Gasteiger partial charge on any atom is -0.355 e. The Kier molecular flexibility index (Phi) is 7.95. The minimum atomic E-state index is -0.195. The van der Waals surface area contributed by atoms with Crippen molar-refractivity contribution in [2.24, 2.45) is 0 Å². The molecule has 34 heavy (non-hydrogen) atoms. The summed E-state index contributed by atoms with van der Waals surface area (Å²) in [5.74, 6) is 0.633. The van der Waals surface area contributed by atoms with Crippen molar-refractivity contribution >= 4 is 40.6 Å². The fraction of sp³-hybridized carbons (Fsp3) is 0.320. The quantitative estimate of drug-likeness (QED) is 0.453. The fourth-order valence-corrected chi connectivity index (χ4v) is 3.95. The van der Waals surface area contributed by atoms with Gasteiger partial charge in [0.05, 0.1) is 17.4 Å². The molecule has 1 fully saturated rings. The summed E-state index contributed by atoms with van der Waals surface area (Å²) in [6.07, 6.45) is 2.56. The number of benzene rings is 2. The van der Waals surface area contributed by atoms with Gasteiger partial charge in [0.2, 0.25) is 5.95 Å². The number of halogens is 1. The van der Waals surface area contributed by atoms with Crippen LogP contribution in [-0.4, -0.2) is 72.5 Å². The number of amides is 1. The molecule has 3 aromatic rings. The number of nitrogens with one attached hydrogen (secondary N) is 3. The van der Waals surface area contributed by atoms with E-state index in [9.17, 15) is 4.79 Å². The van der Waals surface area contributed by atoms with E-state index in [0.717, 1.165) is 44.8 Å². The van der Waals surface area contributed by atoms with Crippen molar-refractivity contribution in [3.8, 4) is 0 Å². The van der Waals surface area contributed by atoms with E-state index in [-0.39, 0.29) is 5.91 Å². The molecule has 0 unspecified atom stereocenters. The molecule has 0 saturated carbocycles. The topological polar surface area (TPSA) is 85.4 Å². The van der Waals surface area contributed by atoms with Gasteiger partial charge in [-0.2, -0.15) is 4.98 Å². The molecule has 2 heterocycles. The van der Waals surface area contributed by atoms with Gasteiger partial charge in [-0.05, 0) is 43.3 Å². The van der Waals surface area contributed by atoms with Crippen LogP contribution in [0.15, 0.2) is 54.7 Å². The summed E-state index contributed by atoms with van der Waals surface area (Å²) in [4.78, 5) is 25.9. The van der Waals surface area contributed by atoms with Gasteiger partial charge in [0, 0.05) is 45.5 Å². The molecule has 1 saturated heterocycles. The first-order chi connectivity index (χ1) is 16.5. The number of carbonyl (C=O) groups is 1. The molecule has 1 aliphatic rings. The lowest BCUT2D eigenvalue weighted by Gasteiger charge is -2.32. The molecule has 1 amide bonds. The number of hydrogen-bond acceptors (Lipinski definition) is 7. The number of para-hydroxylation sites is 1. The lowest BCUT2D eigenvalue weighted by molar-refractivity contribution is 0.0964. The van der Waals surface area contributed by atoms with Crippen LogP contribution < -0.4 is 16.0 Å². The molecule has 0 spiro atoms. The van der Waals surface area contributed by atoms with Crippen molar-refractivity contribution < 1.29 is 4.79 Å². The zero-order valence-corrected chi connectivity index (χ0v) is 20.3. The van der Waals surface area contributed by atoms with Gasteiger partial charge in [0.25, 0.3) is 5.91 Å². The molecular formula is C25H30ClN7O. The van der Waals surface area contributed by atoms with Crippen LogP contribution in [0.3, 0.4) is 0 Å². The minimum absolute atomic E-state index is 0.195. The van der Waals surface area contributed by atoms with Crippen molar-refractivity contribution in [1.29, 1.82) is 0 Å². The molecule has 3 N–H and O–H groups in total. The predicted molar refractivity (Wildman–Crippen MR) is 138 cm³/mol. The van der Waals surface area contributed by atoms with Crippen LogP contribution in [0.5, 0.6) is 0 Å². The third-order valence-electron chi connectivity index (χ3n) is 5.92. The van der Waals surface area contributed by atoms with Gasteiger partial charge in [0.1, 0.15) is 5.02 Å². The second kappa shape index (κ2) is 11.3. The first-order valence-corrected chi connectivity index (χ1v) is 11.8. The van der Waals surface area contributed by atoms with E-state index in [2.05, 4.69) is 54.9 Å². The number of piperazine rings is 1. The van der Waals surface area contributed by atoms with Crippen molar-refractivity contribution in [3.05, 3.63) is 70.9 Å². The Bertz CT molecular complexity index is 1110. The van der Waals surface area contributed by atoms with Gasteiger partial charge in [-0.15, -0.1) is 0 Å². The van der Waals surface area contributed by atoms with E-state index in [4.69, 9.17) is 11.6 Å². The fourth-order valence-electron chi connectivity index (χ4n) is 3.81. The highest BCUT2D eigenvalue weighted by Crippen LogP contribution is 2.27. The van der Waals surface area contributed by atoms with Crippen LogP contribution >= 0.6 is 11.6 Å². The molecule has 1 aliphatic heterocycles. The van der Waals surface area contributed by atoms with E-state index in [0.29, 0.717) is 28.0 Å². The largest absolute Gasteiger partial charge is 0.355 e. The number of likely N-dealkylation sites (N-methyl/N-ethyl adjacent to an activating group) is 1. The lowest BCUT2D eigenvalue weighted by atomic mass is 10.1. The van der Waals surface area contributed by atoms with Gasteiger partial charge in [-0.25, -0.2) is 4.98 Å². The average Bonchev–Trinajstić information content (AvgIpc) is 2.86. The Morgan fingerprint density at radius 3 is 2.50 bits per heavy atom. The Labute approximate surface area is 205 Å². The molecule has 2 aromatic carbocycles. The molecule has 4 rings (SSSR count). The molecule has 9 heteroatoms. The number of nitrogens with zero attached hydrogens (tertiary/aromatic N) is 4. The Hall–Kier alpha value is -3.20. The van der Waals surface area contributed by atoms with Crippen LogP contribution in [0.25, 0.3) is 0 Å². The number of aromatic nitrogens is 2. The van der Waals surface area contributed by atoms with Crippen molar-refractivity contribution in [1.82, 2.24) is 25.1 Å². The number of carbonyl (C=O) groups excluding carboxylic acids is 1. The number of rotatable bonds is 8. The lowest BCUT2D eigenvalue weighted by Crippen LogP contribution is -2.45. The summed E-state index contributed by atoms with van der Waals surface area (Å²) in [5, 5.41) is 9.37. The molecule has 0 aliphatic carbocycles. The average molecular weight is 480 g/mol. The highest BCUT2D eigenvalue weighted by Gasteiger charge is 2.14. The van der Waals surface area contributed by atoms with E-state index in [1.165, 1.54) is 11.8 Å². The molecular weight excluding hydrogens is 450 g/mol. The van der Waals surface area contributed by atoms with E-state index in [1.54, 1.807) is 25.2 Å². The zero-order valence-electron chi connectivity index (χ0n) is 19.5. The van der Waals surface area contributed by atoms with Crippen LogP contribution in [0, 0.1) is 0 Å². The number of anilines is 4. The van der Waals surface area contributed by atoms with Crippen LogP contribution in [0.4, 0.5) is 23.1 Å². The highest BCUT2D eigenvalue weighted by atomic mass is 35.5. The number of hydrogen-bond donors (Lipinski definition) is 3. The molecule has 8 nitrogen and oxygen atoms in total. The van der Waals surface area contributed by atoms with Gasteiger partial charge in [0.15, 0.2) is 5.82 Å². The molecule has 178 valence electrons. The van der Waals surface area contributed by atoms with E-state index in [1.807, 2.05) is 18.2 Å². The van der Waals surface area contributed by atoms with Crippen molar-refractivity contribution in [3.63, 3.8) is 0 Å². The maximum Gasteiger partial charge on any atom is 0.253 e. The summed E-state index contributed by atoms with van der Waals surface area (Å²) in [7, 11) is 3.77. The van der Waals surface area contributed by atoms with Crippen molar-refractivity contribution in [2.75, 3.05) is 57.5 Å². The summed E-state index contributed by atoms with van der Waals surface area (Å²) in [5.41, 5.74) is 3.30. The monoisotopic (exact) mass is 479 g/mol. The molecule has 0 radical (unpaired) electrons.